The number of carbonyl (C=O) groups is 1. The van der Waals surface area contributed by atoms with Gasteiger partial charge in [-0.25, -0.2) is 4.79 Å². The lowest BCUT2D eigenvalue weighted by molar-refractivity contribution is -0.0459. The predicted molar refractivity (Wildman–Crippen MR) is 63.9 cm³/mol. The molecule has 0 aromatic carbocycles. The molecule has 1 atom stereocenters. The highest BCUT2D eigenvalue weighted by molar-refractivity contribution is 5.68. The first kappa shape index (κ1) is 14.3. The van der Waals surface area contributed by atoms with Crippen LogP contribution in [0.2, 0.25) is 0 Å². The van der Waals surface area contributed by atoms with E-state index in [0.29, 0.717) is 26.1 Å². The predicted octanol–water partition coefficient (Wildman–Crippen LogP) is 1.39. The maximum atomic E-state index is 11.8. The summed E-state index contributed by atoms with van der Waals surface area (Å²) in [6.07, 6.45) is 1.21. The molecule has 100 valence electrons. The van der Waals surface area contributed by atoms with Crippen molar-refractivity contribution >= 4 is 6.09 Å². The third kappa shape index (κ3) is 5.37. The first-order chi connectivity index (χ1) is 7.92. The molecule has 0 radical (unpaired) electrons. The maximum Gasteiger partial charge on any atom is 0.410 e. The summed E-state index contributed by atoms with van der Waals surface area (Å²) in [5.41, 5.74) is -0.462. The topological polar surface area (TPSA) is 59.0 Å². The summed E-state index contributed by atoms with van der Waals surface area (Å²) in [5.74, 6) is 0. The third-order valence-electron chi connectivity index (χ3n) is 2.47. The maximum absolute atomic E-state index is 11.8. The fourth-order valence-corrected chi connectivity index (χ4v) is 1.71. The average Bonchev–Trinajstić information content (AvgIpc) is 2.24. The third-order valence-corrected chi connectivity index (χ3v) is 2.47. The van der Waals surface area contributed by atoms with Crippen LogP contribution in [-0.4, -0.2) is 54.1 Å². The van der Waals surface area contributed by atoms with Crippen molar-refractivity contribution in [1.29, 1.82) is 0 Å². The molecule has 1 rings (SSSR count). The molecule has 1 amide bonds. The average molecular weight is 245 g/mol. The van der Waals surface area contributed by atoms with Crippen LogP contribution in [0.25, 0.3) is 0 Å². The van der Waals surface area contributed by atoms with Crippen LogP contribution in [0, 0.1) is 0 Å². The van der Waals surface area contributed by atoms with Gasteiger partial charge in [0.05, 0.1) is 19.3 Å². The van der Waals surface area contributed by atoms with Crippen LogP contribution in [0.5, 0.6) is 0 Å². The van der Waals surface area contributed by atoms with Gasteiger partial charge in [-0.05, 0) is 33.6 Å². The van der Waals surface area contributed by atoms with Crippen molar-refractivity contribution in [3.05, 3.63) is 0 Å². The Morgan fingerprint density at radius 2 is 2.24 bits per heavy atom. The highest BCUT2D eigenvalue weighted by Crippen LogP contribution is 2.15. The minimum absolute atomic E-state index is 0.0171. The Bertz CT molecular complexity index is 249. The van der Waals surface area contributed by atoms with E-state index in [-0.39, 0.29) is 18.8 Å². The second kappa shape index (κ2) is 6.21. The molecule has 0 saturated carbocycles. The molecule has 1 aliphatic rings. The summed E-state index contributed by atoms with van der Waals surface area (Å²) in [6.45, 7) is 7.39. The fourth-order valence-electron chi connectivity index (χ4n) is 1.71. The molecule has 0 spiro atoms. The van der Waals surface area contributed by atoms with E-state index in [9.17, 15) is 4.79 Å². The molecule has 0 aromatic rings. The quantitative estimate of drug-likeness (QED) is 0.816. The molecule has 5 nitrogen and oxygen atoms in total. The molecular formula is C12H23NO4. The number of hydrogen-bond acceptors (Lipinski definition) is 4. The molecule has 17 heavy (non-hydrogen) atoms. The van der Waals surface area contributed by atoms with Crippen molar-refractivity contribution in [2.24, 2.45) is 0 Å². The van der Waals surface area contributed by atoms with Crippen LogP contribution in [-0.2, 0) is 9.47 Å². The molecule has 0 aliphatic carbocycles. The number of hydrogen-bond donors (Lipinski definition) is 1. The van der Waals surface area contributed by atoms with Gasteiger partial charge in [0, 0.05) is 13.2 Å². The van der Waals surface area contributed by atoms with E-state index in [4.69, 9.17) is 14.6 Å². The zero-order chi connectivity index (χ0) is 12.9. The summed E-state index contributed by atoms with van der Waals surface area (Å²) in [4.78, 5) is 13.5. The Hall–Kier alpha value is -0.810. The van der Waals surface area contributed by atoms with Gasteiger partial charge in [-0.2, -0.15) is 0 Å². The number of rotatable bonds is 3. The van der Waals surface area contributed by atoms with Crippen molar-refractivity contribution < 1.29 is 19.4 Å². The Morgan fingerprint density at radius 1 is 1.53 bits per heavy atom. The molecule has 5 heteroatoms. The number of nitrogens with zero attached hydrogens (tertiary/aromatic N) is 1. The van der Waals surface area contributed by atoms with Crippen molar-refractivity contribution in [3.8, 4) is 0 Å². The molecule has 0 aromatic heterocycles. The van der Waals surface area contributed by atoms with Gasteiger partial charge in [-0.3, -0.25) is 0 Å². The minimum atomic E-state index is -0.462. The normalized spacial score (nSPS) is 21.4. The van der Waals surface area contributed by atoms with Gasteiger partial charge in [-0.15, -0.1) is 0 Å². The Labute approximate surface area is 103 Å². The van der Waals surface area contributed by atoms with Gasteiger partial charge in [-0.1, -0.05) is 0 Å². The molecule has 0 bridgehead atoms. The number of carbonyl (C=O) groups excluding carboxylic acids is 1. The van der Waals surface area contributed by atoms with Gasteiger partial charge in [0.25, 0.3) is 0 Å². The first-order valence-electron chi connectivity index (χ1n) is 6.13. The Morgan fingerprint density at radius 3 is 2.82 bits per heavy atom. The monoisotopic (exact) mass is 245 g/mol. The molecule has 1 heterocycles. The van der Waals surface area contributed by atoms with E-state index in [2.05, 4.69) is 0 Å². The zero-order valence-corrected chi connectivity index (χ0v) is 10.9. The number of ether oxygens (including phenoxy) is 2. The number of aliphatic hydroxyl groups excluding tert-OH is 1. The van der Waals surface area contributed by atoms with E-state index < -0.39 is 5.60 Å². The lowest BCUT2D eigenvalue weighted by atomic mass is 10.1. The van der Waals surface area contributed by atoms with Crippen molar-refractivity contribution in [2.75, 3.05) is 26.3 Å². The Balaban J connectivity index is 2.40. The highest BCUT2D eigenvalue weighted by Gasteiger charge is 2.27. The van der Waals surface area contributed by atoms with Gasteiger partial charge in [0.15, 0.2) is 0 Å². The van der Waals surface area contributed by atoms with Gasteiger partial charge < -0.3 is 19.5 Å². The zero-order valence-electron chi connectivity index (χ0n) is 10.9. The van der Waals surface area contributed by atoms with Crippen molar-refractivity contribution in [3.63, 3.8) is 0 Å². The van der Waals surface area contributed by atoms with Crippen LogP contribution in [0.4, 0.5) is 4.79 Å². The van der Waals surface area contributed by atoms with Crippen LogP contribution in [0.3, 0.4) is 0 Å². The number of amides is 1. The van der Waals surface area contributed by atoms with Crippen LogP contribution >= 0.6 is 0 Å². The van der Waals surface area contributed by atoms with E-state index in [0.717, 1.165) is 6.42 Å². The SMILES string of the molecule is CC(C)(C)OC(=O)N1CCOC(CCCO)C1. The van der Waals surface area contributed by atoms with E-state index in [1.165, 1.54) is 0 Å². The fraction of sp³-hybridized carbons (Fsp3) is 0.917. The first-order valence-corrected chi connectivity index (χ1v) is 6.13. The van der Waals surface area contributed by atoms with Crippen LogP contribution in [0.1, 0.15) is 33.6 Å². The van der Waals surface area contributed by atoms with E-state index in [1.807, 2.05) is 20.8 Å². The van der Waals surface area contributed by atoms with E-state index >= 15 is 0 Å². The summed E-state index contributed by atoms with van der Waals surface area (Å²) in [7, 11) is 0. The molecular weight excluding hydrogens is 222 g/mol. The van der Waals surface area contributed by atoms with Gasteiger partial charge in [0.1, 0.15) is 5.60 Å². The van der Waals surface area contributed by atoms with Crippen LogP contribution in [0.15, 0.2) is 0 Å². The number of morpholine rings is 1. The minimum Gasteiger partial charge on any atom is -0.444 e. The van der Waals surface area contributed by atoms with Gasteiger partial charge >= 0.3 is 6.09 Å². The largest absolute Gasteiger partial charge is 0.444 e. The lowest BCUT2D eigenvalue weighted by Gasteiger charge is -2.34. The molecule has 1 unspecified atom stereocenters. The molecule has 1 N–H and O–H groups in total. The second-order valence-electron chi connectivity index (χ2n) is 5.28. The van der Waals surface area contributed by atoms with Crippen molar-refractivity contribution in [2.45, 2.75) is 45.3 Å². The smallest absolute Gasteiger partial charge is 0.410 e. The van der Waals surface area contributed by atoms with Crippen LogP contribution < -0.4 is 0 Å². The highest BCUT2D eigenvalue weighted by atomic mass is 16.6. The summed E-state index contributed by atoms with van der Waals surface area (Å²) >= 11 is 0. The van der Waals surface area contributed by atoms with Gasteiger partial charge in [0.2, 0.25) is 0 Å². The van der Waals surface area contributed by atoms with Crippen molar-refractivity contribution in [1.82, 2.24) is 4.90 Å². The lowest BCUT2D eigenvalue weighted by Crippen LogP contribution is -2.47. The standard InChI is InChI=1S/C12H23NO4/c1-12(2,3)17-11(15)13-6-8-16-10(9-13)5-4-7-14/h10,14H,4-9H2,1-3H3. The summed E-state index contributed by atoms with van der Waals surface area (Å²) in [6, 6.07) is 0. The van der Waals surface area contributed by atoms with E-state index in [1.54, 1.807) is 4.90 Å². The Kier molecular flexibility index (Phi) is 5.21. The second-order valence-corrected chi connectivity index (χ2v) is 5.28. The molecule has 1 aliphatic heterocycles. The molecule has 1 saturated heterocycles. The summed E-state index contributed by atoms with van der Waals surface area (Å²) in [5, 5.41) is 8.76. The number of aliphatic hydroxyl groups is 1. The molecule has 1 fully saturated rings. The summed E-state index contributed by atoms with van der Waals surface area (Å²) < 4.78 is 10.8.